The number of carboxylic acid groups (broad SMARTS) is 1. The normalized spacial score (nSPS) is 13.7. The predicted molar refractivity (Wildman–Crippen MR) is 69.7 cm³/mol. The molecule has 1 aromatic heterocycles. The molecule has 0 atom stereocenters. The molecule has 1 N–H and O–H groups in total. The number of imide groups is 1. The molecule has 0 saturated heterocycles. The average molecular weight is 288 g/mol. The van der Waals surface area contributed by atoms with E-state index in [2.05, 4.69) is 4.98 Å². The Balaban J connectivity index is 1.87. The van der Waals surface area contributed by atoms with Gasteiger partial charge in [-0.3, -0.25) is 14.5 Å². The van der Waals surface area contributed by atoms with Crippen LogP contribution in [0.5, 0.6) is 0 Å². The van der Waals surface area contributed by atoms with Gasteiger partial charge in [0.15, 0.2) is 0 Å². The monoisotopic (exact) mass is 288 g/mol. The summed E-state index contributed by atoms with van der Waals surface area (Å²) < 4.78 is 0. The standard InChI is InChI=1S/C13H8N2O4S/c16-11-8-3-1-2-4-9(8)12(17)15(11)5-7-6-20-10(14-7)13(18)19/h1-4,6H,5H2,(H,18,19). The Morgan fingerprint density at radius 2 is 1.80 bits per heavy atom. The molecular formula is C13H8N2O4S. The lowest BCUT2D eigenvalue weighted by Gasteiger charge is -2.11. The quantitative estimate of drug-likeness (QED) is 0.867. The second kappa shape index (κ2) is 4.53. The lowest BCUT2D eigenvalue weighted by atomic mass is 10.1. The van der Waals surface area contributed by atoms with Crippen molar-refractivity contribution in [3.8, 4) is 0 Å². The number of aromatic carboxylic acids is 1. The summed E-state index contributed by atoms with van der Waals surface area (Å²) in [7, 11) is 0. The van der Waals surface area contributed by atoms with E-state index in [1.807, 2.05) is 0 Å². The van der Waals surface area contributed by atoms with Crippen molar-refractivity contribution in [2.24, 2.45) is 0 Å². The van der Waals surface area contributed by atoms with Crippen LogP contribution in [0.1, 0.15) is 36.2 Å². The van der Waals surface area contributed by atoms with Gasteiger partial charge in [-0.25, -0.2) is 9.78 Å². The third-order valence-corrected chi connectivity index (χ3v) is 3.81. The molecule has 1 aliphatic heterocycles. The number of amides is 2. The average Bonchev–Trinajstić information content (AvgIpc) is 3.00. The van der Waals surface area contributed by atoms with Gasteiger partial charge < -0.3 is 5.11 Å². The Morgan fingerprint density at radius 3 is 2.30 bits per heavy atom. The fourth-order valence-corrected chi connectivity index (χ4v) is 2.67. The predicted octanol–water partition coefficient (Wildman–Crippen LogP) is 1.64. The van der Waals surface area contributed by atoms with Gasteiger partial charge in [0.25, 0.3) is 11.8 Å². The number of carbonyl (C=O) groups is 3. The Morgan fingerprint density at radius 1 is 1.20 bits per heavy atom. The highest BCUT2D eigenvalue weighted by molar-refractivity contribution is 7.11. The summed E-state index contributed by atoms with van der Waals surface area (Å²) in [6.45, 7) is -0.0177. The molecule has 7 heteroatoms. The Bertz CT molecular complexity index is 702. The Kier molecular flexibility index (Phi) is 2.83. The van der Waals surface area contributed by atoms with Crippen molar-refractivity contribution in [1.29, 1.82) is 0 Å². The number of nitrogens with zero attached hydrogens (tertiary/aromatic N) is 2. The van der Waals surface area contributed by atoms with E-state index < -0.39 is 5.97 Å². The summed E-state index contributed by atoms with van der Waals surface area (Å²) >= 11 is 0.967. The van der Waals surface area contributed by atoms with Gasteiger partial charge in [0, 0.05) is 5.38 Å². The molecule has 2 amide bonds. The van der Waals surface area contributed by atoms with Gasteiger partial charge in [-0.1, -0.05) is 12.1 Å². The van der Waals surface area contributed by atoms with Crippen molar-refractivity contribution in [3.05, 3.63) is 51.5 Å². The van der Waals surface area contributed by atoms with E-state index in [-0.39, 0.29) is 23.4 Å². The minimum Gasteiger partial charge on any atom is -0.476 e. The summed E-state index contributed by atoms with van der Waals surface area (Å²) in [5.41, 5.74) is 1.12. The molecule has 0 fully saturated rings. The summed E-state index contributed by atoms with van der Waals surface area (Å²) in [5.74, 6) is -1.88. The first-order valence-corrected chi connectivity index (χ1v) is 6.59. The maximum Gasteiger partial charge on any atom is 0.365 e. The molecule has 0 saturated carbocycles. The first-order chi connectivity index (χ1) is 9.58. The third kappa shape index (κ3) is 1.88. The first kappa shape index (κ1) is 12.5. The van der Waals surface area contributed by atoms with Crippen molar-refractivity contribution in [2.75, 3.05) is 0 Å². The molecule has 20 heavy (non-hydrogen) atoms. The highest BCUT2D eigenvalue weighted by Gasteiger charge is 2.35. The maximum atomic E-state index is 12.1. The van der Waals surface area contributed by atoms with Gasteiger partial charge in [0.1, 0.15) is 0 Å². The molecule has 0 aliphatic carbocycles. The molecule has 0 radical (unpaired) electrons. The van der Waals surface area contributed by atoms with Gasteiger partial charge in [0.2, 0.25) is 5.01 Å². The number of rotatable bonds is 3. The molecule has 0 bridgehead atoms. The zero-order valence-electron chi connectivity index (χ0n) is 10.1. The fraction of sp³-hybridized carbons (Fsp3) is 0.0769. The molecule has 2 aromatic rings. The molecule has 1 aromatic carbocycles. The number of benzene rings is 1. The zero-order chi connectivity index (χ0) is 14.3. The molecule has 100 valence electrons. The van der Waals surface area contributed by atoms with Crippen molar-refractivity contribution >= 4 is 29.1 Å². The van der Waals surface area contributed by atoms with Crippen LogP contribution in [0.3, 0.4) is 0 Å². The molecule has 1 aliphatic rings. The van der Waals surface area contributed by atoms with Crippen LogP contribution in [0, 0.1) is 0 Å². The zero-order valence-corrected chi connectivity index (χ0v) is 10.9. The topological polar surface area (TPSA) is 87.6 Å². The Hall–Kier alpha value is -2.54. The van der Waals surface area contributed by atoms with Crippen molar-refractivity contribution in [3.63, 3.8) is 0 Å². The summed E-state index contributed by atoms with van der Waals surface area (Å²) in [6.07, 6.45) is 0. The second-order valence-corrected chi connectivity index (χ2v) is 5.05. The van der Waals surface area contributed by atoms with Crippen LogP contribution < -0.4 is 0 Å². The molecular weight excluding hydrogens is 280 g/mol. The van der Waals surface area contributed by atoms with E-state index in [1.54, 1.807) is 24.3 Å². The van der Waals surface area contributed by atoms with Crippen LogP contribution >= 0.6 is 11.3 Å². The van der Waals surface area contributed by atoms with E-state index in [0.29, 0.717) is 16.8 Å². The van der Waals surface area contributed by atoms with Gasteiger partial charge in [0.05, 0.1) is 23.4 Å². The number of thiazole rings is 1. The van der Waals surface area contributed by atoms with Gasteiger partial charge >= 0.3 is 5.97 Å². The van der Waals surface area contributed by atoms with Gasteiger partial charge in [-0.2, -0.15) is 0 Å². The number of carboxylic acids is 1. The van der Waals surface area contributed by atoms with Crippen molar-refractivity contribution < 1.29 is 19.5 Å². The largest absolute Gasteiger partial charge is 0.476 e. The Labute approximate surface area is 117 Å². The van der Waals surface area contributed by atoms with Crippen LogP contribution in [-0.2, 0) is 6.54 Å². The number of carbonyl (C=O) groups excluding carboxylic acids is 2. The van der Waals surface area contributed by atoms with E-state index in [1.165, 1.54) is 5.38 Å². The van der Waals surface area contributed by atoms with Crippen LogP contribution in [-0.4, -0.2) is 32.8 Å². The van der Waals surface area contributed by atoms with E-state index in [4.69, 9.17) is 5.11 Å². The van der Waals surface area contributed by atoms with Crippen molar-refractivity contribution in [1.82, 2.24) is 9.88 Å². The lowest BCUT2D eigenvalue weighted by molar-refractivity contribution is 0.0640. The van der Waals surface area contributed by atoms with Crippen LogP contribution in [0.25, 0.3) is 0 Å². The summed E-state index contributed by atoms with van der Waals surface area (Å²) in [6, 6.07) is 6.58. The number of fused-ring (bicyclic) bond motifs is 1. The highest BCUT2D eigenvalue weighted by atomic mass is 32.1. The molecule has 2 heterocycles. The van der Waals surface area contributed by atoms with Crippen LogP contribution in [0.15, 0.2) is 29.6 Å². The van der Waals surface area contributed by atoms with Gasteiger partial charge in [-0.05, 0) is 12.1 Å². The van der Waals surface area contributed by atoms with E-state index >= 15 is 0 Å². The minimum absolute atomic E-state index is 0.0177. The molecule has 0 spiro atoms. The second-order valence-electron chi connectivity index (χ2n) is 4.19. The number of hydrogen-bond donors (Lipinski definition) is 1. The molecule has 0 unspecified atom stereocenters. The van der Waals surface area contributed by atoms with Crippen LogP contribution in [0.2, 0.25) is 0 Å². The summed E-state index contributed by atoms with van der Waals surface area (Å²) in [4.78, 5) is 39.9. The number of hydrogen-bond acceptors (Lipinski definition) is 5. The SMILES string of the molecule is O=C(O)c1nc(CN2C(=O)c3ccccc3C2=O)cs1. The van der Waals surface area contributed by atoms with E-state index in [0.717, 1.165) is 16.2 Å². The smallest absolute Gasteiger partial charge is 0.365 e. The number of aromatic nitrogens is 1. The summed E-state index contributed by atoms with van der Waals surface area (Å²) in [5, 5.41) is 10.3. The van der Waals surface area contributed by atoms with Gasteiger partial charge in [-0.15, -0.1) is 11.3 Å². The molecule has 3 rings (SSSR count). The van der Waals surface area contributed by atoms with Crippen molar-refractivity contribution in [2.45, 2.75) is 6.54 Å². The third-order valence-electron chi connectivity index (χ3n) is 2.93. The minimum atomic E-state index is -1.12. The maximum absolute atomic E-state index is 12.1. The lowest BCUT2D eigenvalue weighted by Crippen LogP contribution is -2.29. The fourth-order valence-electron chi connectivity index (χ4n) is 2.02. The van der Waals surface area contributed by atoms with Crippen LogP contribution in [0.4, 0.5) is 0 Å². The first-order valence-electron chi connectivity index (χ1n) is 5.71. The van der Waals surface area contributed by atoms with E-state index in [9.17, 15) is 14.4 Å². The molecule has 6 nitrogen and oxygen atoms in total. The highest BCUT2D eigenvalue weighted by Crippen LogP contribution is 2.24.